The third-order valence-electron chi connectivity index (χ3n) is 1.86. The SMILES string of the molecule is C=C(C)CCOc1ccc(C#N)c(Br)c1. The van der Waals surface area contributed by atoms with Gasteiger partial charge in [-0.1, -0.05) is 5.57 Å². The quantitative estimate of drug-likeness (QED) is 0.779. The van der Waals surface area contributed by atoms with E-state index in [2.05, 4.69) is 28.6 Å². The van der Waals surface area contributed by atoms with Crippen LogP contribution < -0.4 is 4.74 Å². The second kappa shape index (κ2) is 5.57. The average molecular weight is 266 g/mol. The molecule has 0 bridgehead atoms. The van der Waals surface area contributed by atoms with Crippen molar-refractivity contribution in [2.75, 3.05) is 6.61 Å². The molecule has 0 aromatic heterocycles. The molecule has 0 aliphatic heterocycles. The van der Waals surface area contributed by atoms with Gasteiger partial charge in [-0.15, -0.1) is 6.58 Å². The number of benzene rings is 1. The van der Waals surface area contributed by atoms with Gasteiger partial charge < -0.3 is 4.74 Å². The molecule has 1 aromatic carbocycles. The summed E-state index contributed by atoms with van der Waals surface area (Å²) in [7, 11) is 0. The molecule has 0 unspecified atom stereocenters. The highest BCUT2D eigenvalue weighted by Crippen LogP contribution is 2.22. The minimum atomic E-state index is 0.613. The van der Waals surface area contributed by atoms with E-state index in [0.29, 0.717) is 12.2 Å². The molecule has 0 aliphatic rings. The molecule has 0 spiro atoms. The minimum absolute atomic E-state index is 0.613. The molecule has 15 heavy (non-hydrogen) atoms. The second-order valence-electron chi connectivity index (χ2n) is 3.31. The first kappa shape index (κ1) is 11.8. The molecule has 0 N–H and O–H groups in total. The third-order valence-corrected chi connectivity index (χ3v) is 2.51. The van der Waals surface area contributed by atoms with E-state index in [0.717, 1.165) is 22.2 Å². The summed E-state index contributed by atoms with van der Waals surface area (Å²) in [6.07, 6.45) is 0.845. The Bertz CT molecular complexity index is 407. The smallest absolute Gasteiger partial charge is 0.120 e. The highest BCUT2D eigenvalue weighted by atomic mass is 79.9. The van der Waals surface area contributed by atoms with Gasteiger partial charge in [-0.05, 0) is 41.1 Å². The van der Waals surface area contributed by atoms with Crippen molar-refractivity contribution in [2.45, 2.75) is 13.3 Å². The Morgan fingerprint density at radius 1 is 1.60 bits per heavy atom. The maximum Gasteiger partial charge on any atom is 0.120 e. The van der Waals surface area contributed by atoms with Crippen LogP contribution in [0.2, 0.25) is 0 Å². The van der Waals surface area contributed by atoms with Crippen molar-refractivity contribution in [3.05, 3.63) is 40.4 Å². The van der Waals surface area contributed by atoms with Crippen molar-refractivity contribution >= 4 is 15.9 Å². The van der Waals surface area contributed by atoms with Gasteiger partial charge in [0.15, 0.2) is 0 Å². The van der Waals surface area contributed by atoms with Crippen molar-refractivity contribution in [1.82, 2.24) is 0 Å². The number of hydrogen-bond donors (Lipinski definition) is 0. The Hall–Kier alpha value is -1.27. The van der Waals surface area contributed by atoms with E-state index in [1.165, 1.54) is 0 Å². The number of rotatable bonds is 4. The summed E-state index contributed by atoms with van der Waals surface area (Å²) in [6, 6.07) is 7.41. The van der Waals surface area contributed by atoms with Crippen molar-refractivity contribution in [3.8, 4) is 11.8 Å². The molecule has 0 saturated heterocycles. The van der Waals surface area contributed by atoms with Crippen molar-refractivity contribution in [1.29, 1.82) is 5.26 Å². The monoisotopic (exact) mass is 265 g/mol. The first-order chi connectivity index (χ1) is 7.13. The summed E-state index contributed by atoms with van der Waals surface area (Å²) in [6.45, 7) is 6.39. The molecule has 78 valence electrons. The molecular formula is C12H12BrNO. The number of nitriles is 1. The molecular weight excluding hydrogens is 254 g/mol. The van der Waals surface area contributed by atoms with Gasteiger partial charge in [0.2, 0.25) is 0 Å². The fraction of sp³-hybridized carbons (Fsp3) is 0.250. The molecule has 0 amide bonds. The maximum atomic E-state index is 8.73. The van der Waals surface area contributed by atoms with Gasteiger partial charge in [-0.25, -0.2) is 0 Å². The van der Waals surface area contributed by atoms with Gasteiger partial charge in [-0.3, -0.25) is 0 Å². The zero-order valence-electron chi connectivity index (χ0n) is 8.59. The lowest BCUT2D eigenvalue weighted by Gasteiger charge is -2.06. The fourth-order valence-corrected chi connectivity index (χ4v) is 1.47. The van der Waals surface area contributed by atoms with Crippen molar-refractivity contribution < 1.29 is 4.74 Å². The molecule has 0 atom stereocenters. The van der Waals surface area contributed by atoms with Crippen LogP contribution in [0, 0.1) is 11.3 Å². The summed E-state index contributed by atoms with van der Waals surface area (Å²) in [5.74, 6) is 0.766. The molecule has 2 nitrogen and oxygen atoms in total. The number of hydrogen-bond acceptors (Lipinski definition) is 2. The standard InChI is InChI=1S/C12H12BrNO/c1-9(2)5-6-15-11-4-3-10(8-14)12(13)7-11/h3-4,7H,1,5-6H2,2H3. The normalized spacial score (nSPS) is 9.40. The molecule has 1 aromatic rings. The van der Waals surface area contributed by atoms with Crippen LogP contribution in [-0.4, -0.2) is 6.61 Å². The zero-order valence-corrected chi connectivity index (χ0v) is 10.2. The van der Waals surface area contributed by atoms with E-state index < -0.39 is 0 Å². The average Bonchev–Trinajstić information content (AvgIpc) is 2.17. The van der Waals surface area contributed by atoms with Crippen LogP contribution in [0.1, 0.15) is 18.9 Å². The molecule has 1 rings (SSSR count). The zero-order chi connectivity index (χ0) is 11.3. The molecule has 3 heteroatoms. The van der Waals surface area contributed by atoms with Crippen LogP contribution in [0.5, 0.6) is 5.75 Å². The molecule has 0 fully saturated rings. The molecule has 0 saturated carbocycles. The van der Waals surface area contributed by atoms with Gasteiger partial charge in [-0.2, -0.15) is 5.26 Å². The topological polar surface area (TPSA) is 33.0 Å². The van der Waals surface area contributed by atoms with Crippen LogP contribution in [0.3, 0.4) is 0 Å². The van der Waals surface area contributed by atoms with Crippen LogP contribution in [0.15, 0.2) is 34.8 Å². The van der Waals surface area contributed by atoms with Crippen molar-refractivity contribution in [3.63, 3.8) is 0 Å². The Kier molecular flexibility index (Phi) is 4.38. The van der Waals surface area contributed by atoms with E-state index in [4.69, 9.17) is 10.00 Å². The van der Waals surface area contributed by atoms with Crippen LogP contribution in [0.4, 0.5) is 0 Å². The molecule has 0 heterocycles. The number of nitrogens with zero attached hydrogens (tertiary/aromatic N) is 1. The number of halogens is 1. The van der Waals surface area contributed by atoms with Crippen LogP contribution in [0.25, 0.3) is 0 Å². The largest absolute Gasteiger partial charge is 0.493 e. The Balaban J connectivity index is 2.60. The number of ether oxygens (including phenoxy) is 1. The van der Waals surface area contributed by atoms with E-state index in [1.54, 1.807) is 18.2 Å². The Morgan fingerprint density at radius 2 is 2.33 bits per heavy atom. The fourth-order valence-electron chi connectivity index (χ4n) is 1.02. The van der Waals surface area contributed by atoms with Gasteiger partial charge >= 0.3 is 0 Å². The maximum absolute atomic E-state index is 8.73. The molecule has 0 radical (unpaired) electrons. The van der Waals surface area contributed by atoms with Gasteiger partial charge in [0, 0.05) is 10.9 Å². The third kappa shape index (κ3) is 3.77. The summed E-state index contributed by atoms with van der Waals surface area (Å²) in [5.41, 5.74) is 1.71. The summed E-state index contributed by atoms with van der Waals surface area (Å²) >= 11 is 3.31. The van der Waals surface area contributed by atoms with Gasteiger partial charge in [0.05, 0.1) is 12.2 Å². The Labute approximate surface area is 98.3 Å². The van der Waals surface area contributed by atoms with E-state index in [-0.39, 0.29) is 0 Å². The first-order valence-corrected chi connectivity index (χ1v) is 5.39. The Morgan fingerprint density at radius 3 is 2.87 bits per heavy atom. The van der Waals surface area contributed by atoms with E-state index in [1.807, 2.05) is 6.92 Å². The predicted octanol–water partition coefficient (Wildman–Crippen LogP) is 3.67. The minimum Gasteiger partial charge on any atom is -0.493 e. The predicted molar refractivity (Wildman–Crippen MR) is 63.8 cm³/mol. The second-order valence-corrected chi connectivity index (χ2v) is 4.16. The molecule has 0 aliphatic carbocycles. The first-order valence-electron chi connectivity index (χ1n) is 4.60. The van der Waals surface area contributed by atoms with Gasteiger partial charge in [0.25, 0.3) is 0 Å². The summed E-state index contributed by atoms with van der Waals surface area (Å²) < 4.78 is 6.26. The van der Waals surface area contributed by atoms with Crippen LogP contribution >= 0.6 is 15.9 Å². The highest BCUT2D eigenvalue weighted by Gasteiger charge is 2.01. The van der Waals surface area contributed by atoms with Crippen LogP contribution in [-0.2, 0) is 0 Å². The lowest BCUT2D eigenvalue weighted by molar-refractivity contribution is 0.321. The van der Waals surface area contributed by atoms with E-state index >= 15 is 0 Å². The summed E-state index contributed by atoms with van der Waals surface area (Å²) in [5, 5.41) is 8.73. The highest BCUT2D eigenvalue weighted by molar-refractivity contribution is 9.10. The van der Waals surface area contributed by atoms with Gasteiger partial charge in [0.1, 0.15) is 11.8 Å². The lowest BCUT2D eigenvalue weighted by atomic mass is 10.2. The van der Waals surface area contributed by atoms with E-state index in [9.17, 15) is 0 Å². The van der Waals surface area contributed by atoms with Crippen molar-refractivity contribution in [2.24, 2.45) is 0 Å². The lowest BCUT2D eigenvalue weighted by Crippen LogP contribution is -1.97. The summed E-state index contributed by atoms with van der Waals surface area (Å²) in [4.78, 5) is 0.